The van der Waals surface area contributed by atoms with E-state index in [4.69, 9.17) is 10.5 Å². The monoisotopic (exact) mass is 241 g/mol. The lowest BCUT2D eigenvalue weighted by Crippen LogP contribution is -2.48. The summed E-state index contributed by atoms with van der Waals surface area (Å²) in [5.41, 5.74) is 5.47. The Kier molecular flexibility index (Phi) is 5.96. The summed E-state index contributed by atoms with van der Waals surface area (Å²) in [5, 5.41) is 0. The van der Waals surface area contributed by atoms with E-state index in [0.29, 0.717) is 12.5 Å². The molecule has 1 fully saturated rings. The van der Waals surface area contributed by atoms with E-state index >= 15 is 0 Å². The SMILES string of the molecule is CC(C)CCCOC(=O)C1(N)CCCCCC1. The van der Waals surface area contributed by atoms with Gasteiger partial charge in [-0.3, -0.25) is 4.79 Å². The average molecular weight is 241 g/mol. The summed E-state index contributed by atoms with van der Waals surface area (Å²) in [6, 6.07) is 0. The van der Waals surface area contributed by atoms with Crippen molar-refractivity contribution in [3.05, 3.63) is 0 Å². The van der Waals surface area contributed by atoms with Crippen LogP contribution in [0.15, 0.2) is 0 Å². The Bertz CT molecular complexity index is 230. The molecule has 100 valence electrons. The second-order valence-corrected chi connectivity index (χ2v) is 5.74. The van der Waals surface area contributed by atoms with Crippen molar-refractivity contribution in [1.82, 2.24) is 0 Å². The Morgan fingerprint density at radius 3 is 2.35 bits per heavy atom. The lowest BCUT2D eigenvalue weighted by molar-refractivity contribution is -0.151. The van der Waals surface area contributed by atoms with Gasteiger partial charge in [0.05, 0.1) is 6.61 Å². The second kappa shape index (κ2) is 7.00. The summed E-state index contributed by atoms with van der Waals surface area (Å²) in [5.74, 6) is 0.488. The molecule has 0 aromatic carbocycles. The summed E-state index contributed by atoms with van der Waals surface area (Å²) >= 11 is 0. The maximum absolute atomic E-state index is 12.0. The summed E-state index contributed by atoms with van der Waals surface area (Å²) in [7, 11) is 0. The van der Waals surface area contributed by atoms with Gasteiger partial charge in [0, 0.05) is 0 Å². The van der Waals surface area contributed by atoms with E-state index in [1.165, 1.54) is 12.8 Å². The lowest BCUT2D eigenvalue weighted by atomic mass is 9.92. The van der Waals surface area contributed by atoms with Gasteiger partial charge in [-0.15, -0.1) is 0 Å². The van der Waals surface area contributed by atoms with E-state index in [2.05, 4.69) is 13.8 Å². The van der Waals surface area contributed by atoms with Crippen LogP contribution in [0.5, 0.6) is 0 Å². The van der Waals surface area contributed by atoms with E-state index in [-0.39, 0.29) is 5.97 Å². The van der Waals surface area contributed by atoms with E-state index in [1.54, 1.807) is 0 Å². The van der Waals surface area contributed by atoms with Crippen LogP contribution in [0.3, 0.4) is 0 Å². The van der Waals surface area contributed by atoms with E-state index in [9.17, 15) is 4.79 Å². The molecule has 0 radical (unpaired) electrons. The van der Waals surface area contributed by atoms with Gasteiger partial charge < -0.3 is 10.5 Å². The van der Waals surface area contributed by atoms with Crippen molar-refractivity contribution in [2.45, 2.75) is 70.8 Å². The molecule has 0 aliphatic heterocycles. The van der Waals surface area contributed by atoms with Crippen LogP contribution in [0, 0.1) is 5.92 Å². The number of esters is 1. The number of ether oxygens (including phenoxy) is 1. The highest BCUT2D eigenvalue weighted by molar-refractivity contribution is 5.80. The van der Waals surface area contributed by atoms with E-state index in [1.807, 2.05) is 0 Å². The van der Waals surface area contributed by atoms with Crippen LogP contribution in [0.4, 0.5) is 0 Å². The highest BCUT2D eigenvalue weighted by Gasteiger charge is 2.35. The standard InChI is InChI=1S/C14H27NO2/c1-12(2)8-7-11-17-13(16)14(15)9-5-3-4-6-10-14/h12H,3-11,15H2,1-2H3. The molecule has 3 heteroatoms. The molecule has 0 spiro atoms. The molecule has 0 aromatic rings. The first-order valence-electron chi connectivity index (χ1n) is 7.01. The third-order valence-electron chi connectivity index (χ3n) is 3.56. The number of nitrogens with two attached hydrogens (primary N) is 1. The Hall–Kier alpha value is -0.570. The van der Waals surface area contributed by atoms with Gasteiger partial charge >= 0.3 is 5.97 Å². The maximum Gasteiger partial charge on any atom is 0.326 e. The largest absolute Gasteiger partial charge is 0.464 e. The Morgan fingerprint density at radius 1 is 1.24 bits per heavy atom. The van der Waals surface area contributed by atoms with Gasteiger partial charge in [0.25, 0.3) is 0 Å². The maximum atomic E-state index is 12.0. The van der Waals surface area contributed by atoms with Gasteiger partial charge in [-0.25, -0.2) is 0 Å². The predicted octanol–water partition coefficient (Wildman–Crippen LogP) is 3.02. The van der Waals surface area contributed by atoms with Crippen molar-refractivity contribution in [3.8, 4) is 0 Å². The molecular formula is C14H27NO2. The second-order valence-electron chi connectivity index (χ2n) is 5.74. The first-order valence-corrected chi connectivity index (χ1v) is 7.01. The zero-order valence-electron chi connectivity index (χ0n) is 11.3. The van der Waals surface area contributed by atoms with Gasteiger partial charge in [-0.05, 0) is 31.6 Å². The van der Waals surface area contributed by atoms with Gasteiger partial charge in [0.1, 0.15) is 5.54 Å². The molecule has 1 aliphatic rings. The molecule has 0 heterocycles. The first-order chi connectivity index (χ1) is 8.04. The van der Waals surface area contributed by atoms with Crippen molar-refractivity contribution in [2.75, 3.05) is 6.61 Å². The summed E-state index contributed by atoms with van der Waals surface area (Å²) < 4.78 is 5.33. The summed E-state index contributed by atoms with van der Waals surface area (Å²) in [6.45, 7) is 4.88. The number of rotatable bonds is 5. The molecule has 17 heavy (non-hydrogen) atoms. The van der Waals surface area contributed by atoms with Crippen molar-refractivity contribution in [3.63, 3.8) is 0 Å². The topological polar surface area (TPSA) is 52.3 Å². The fourth-order valence-corrected chi connectivity index (χ4v) is 2.36. The van der Waals surface area contributed by atoms with Crippen LogP contribution >= 0.6 is 0 Å². The zero-order chi connectivity index (χ0) is 12.7. The molecule has 0 aromatic heterocycles. The van der Waals surface area contributed by atoms with Crippen LogP contribution in [0.1, 0.15) is 65.2 Å². The Balaban J connectivity index is 2.29. The van der Waals surface area contributed by atoms with Gasteiger partial charge in [0.15, 0.2) is 0 Å². The molecule has 0 saturated heterocycles. The van der Waals surface area contributed by atoms with Crippen molar-refractivity contribution >= 4 is 5.97 Å². The quantitative estimate of drug-likeness (QED) is 0.457. The van der Waals surface area contributed by atoms with Gasteiger partial charge in [0.2, 0.25) is 0 Å². The first kappa shape index (κ1) is 14.5. The molecule has 1 rings (SSSR count). The van der Waals surface area contributed by atoms with Crippen LogP contribution in [0.25, 0.3) is 0 Å². The highest BCUT2D eigenvalue weighted by Crippen LogP contribution is 2.26. The van der Waals surface area contributed by atoms with Crippen LogP contribution in [-0.2, 0) is 9.53 Å². The van der Waals surface area contributed by atoms with Crippen molar-refractivity contribution in [2.24, 2.45) is 11.7 Å². The normalized spacial score (nSPS) is 20.0. The van der Waals surface area contributed by atoms with Crippen LogP contribution in [-0.4, -0.2) is 18.1 Å². The van der Waals surface area contributed by atoms with Gasteiger partial charge in [-0.1, -0.05) is 39.5 Å². The lowest BCUT2D eigenvalue weighted by Gasteiger charge is -2.25. The third-order valence-corrected chi connectivity index (χ3v) is 3.56. The van der Waals surface area contributed by atoms with Crippen LogP contribution in [0.2, 0.25) is 0 Å². The van der Waals surface area contributed by atoms with Crippen molar-refractivity contribution < 1.29 is 9.53 Å². The fourth-order valence-electron chi connectivity index (χ4n) is 2.36. The number of hydrogen-bond acceptors (Lipinski definition) is 3. The molecule has 2 N–H and O–H groups in total. The molecule has 0 unspecified atom stereocenters. The minimum atomic E-state index is -0.700. The van der Waals surface area contributed by atoms with E-state index < -0.39 is 5.54 Å². The van der Waals surface area contributed by atoms with Crippen molar-refractivity contribution in [1.29, 1.82) is 0 Å². The smallest absolute Gasteiger partial charge is 0.326 e. The molecule has 0 bridgehead atoms. The average Bonchev–Trinajstić information content (AvgIpc) is 2.50. The Labute approximate surface area is 105 Å². The number of carbonyl (C=O) groups is 1. The summed E-state index contributed by atoms with van der Waals surface area (Å²) in [6.07, 6.45) is 8.12. The predicted molar refractivity (Wildman–Crippen MR) is 69.7 cm³/mol. The van der Waals surface area contributed by atoms with E-state index in [0.717, 1.165) is 38.5 Å². The molecule has 1 saturated carbocycles. The fraction of sp³-hybridized carbons (Fsp3) is 0.929. The summed E-state index contributed by atoms with van der Waals surface area (Å²) in [4.78, 5) is 12.0. The zero-order valence-corrected chi connectivity index (χ0v) is 11.3. The highest BCUT2D eigenvalue weighted by atomic mass is 16.5. The van der Waals surface area contributed by atoms with Gasteiger partial charge in [-0.2, -0.15) is 0 Å². The molecular weight excluding hydrogens is 214 g/mol. The minimum absolute atomic E-state index is 0.178. The molecule has 3 nitrogen and oxygen atoms in total. The molecule has 0 atom stereocenters. The molecule has 0 amide bonds. The number of hydrogen-bond donors (Lipinski definition) is 1. The Morgan fingerprint density at radius 2 is 1.82 bits per heavy atom. The van der Waals surface area contributed by atoms with Crippen LogP contribution < -0.4 is 5.73 Å². The molecule has 1 aliphatic carbocycles. The minimum Gasteiger partial charge on any atom is -0.464 e. The third kappa shape index (κ3) is 5.07. The number of carbonyl (C=O) groups excluding carboxylic acids is 1.